The van der Waals surface area contributed by atoms with Crippen LogP contribution in [0.1, 0.15) is 54.6 Å². The molecule has 1 atom stereocenters. The molecule has 0 bridgehead atoms. The van der Waals surface area contributed by atoms with Gasteiger partial charge in [-0.05, 0) is 56.4 Å². The first kappa shape index (κ1) is 21.0. The summed E-state index contributed by atoms with van der Waals surface area (Å²) in [5.41, 5.74) is 2.64. The maximum atomic E-state index is 13.1. The van der Waals surface area contributed by atoms with E-state index in [-0.39, 0.29) is 35.6 Å². The number of pyridine rings is 1. The summed E-state index contributed by atoms with van der Waals surface area (Å²) in [6, 6.07) is 7.69. The Hall–Kier alpha value is -3.29. The molecule has 1 aliphatic rings. The van der Waals surface area contributed by atoms with Gasteiger partial charge in [-0.1, -0.05) is 12.1 Å². The van der Waals surface area contributed by atoms with Crippen molar-refractivity contribution >= 4 is 23.0 Å². The minimum absolute atomic E-state index is 0.00549. The largest absolute Gasteiger partial charge is 0.349 e. The van der Waals surface area contributed by atoms with Crippen LogP contribution in [0.25, 0.3) is 11.2 Å². The summed E-state index contributed by atoms with van der Waals surface area (Å²) in [6.07, 6.45) is 6.16. The normalized spacial score (nSPS) is 19.7. The summed E-state index contributed by atoms with van der Waals surface area (Å²) in [5.74, 6) is -0.535. The lowest BCUT2D eigenvalue weighted by molar-refractivity contribution is -0.126. The van der Waals surface area contributed by atoms with Crippen molar-refractivity contribution in [2.24, 2.45) is 13.0 Å². The number of halogens is 1. The SMILES string of the molecule is CC(NC(=O)C1CCC(NC(=O)c2ccnc3c2ncn3C)CC1)c1ccc(F)cc1. The highest BCUT2D eigenvalue weighted by atomic mass is 19.1. The summed E-state index contributed by atoms with van der Waals surface area (Å²) < 4.78 is 14.9. The molecular weight excluding hydrogens is 397 g/mol. The Bertz CT molecular complexity index is 1090. The molecule has 4 rings (SSSR count). The summed E-state index contributed by atoms with van der Waals surface area (Å²) in [6.45, 7) is 1.89. The Morgan fingerprint density at radius 1 is 1.10 bits per heavy atom. The summed E-state index contributed by atoms with van der Waals surface area (Å²) in [5, 5.41) is 6.11. The number of aryl methyl sites for hydroxylation is 1. The molecule has 7 nitrogen and oxygen atoms in total. The molecular formula is C23H26FN5O2. The number of imidazole rings is 1. The first-order valence-electron chi connectivity index (χ1n) is 10.5. The minimum Gasteiger partial charge on any atom is -0.349 e. The highest BCUT2D eigenvalue weighted by molar-refractivity contribution is 6.04. The van der Waals surface area contributed by atoms with Crippen LogP contribution < -0.4 is 10.6 Å². The number of hydrogen-bond acceptors (Lipinski definition) is 4. The van der Waals surface area contributed by atoms with E-state index in [4.69, 9.17) is 0 Å². The average Bonchev–Trinajstić information content (AvgIpc) is 3.15. The van der Waals surface area contributed by atoms with E-state index in [0.29, 0.717) is 29.6 Å². The Morgan fingerprint density at radius 2 is 1.81 bits per heavy atom. The number of carbonyl (C=O) groups excluding carboxylic acids is 2. The fourth-order valence-electron chi connectivity index (χ4n) is 4.14. The van der Waals surface area contributed by atoms with Gasteiger partial charge in [-0.2, -0.15) is 0 Å². The van der Waals surface area contributed by atoms with Crippen molar-refractivity contribution in [1.82, 2.24) is 25.2 Å². The molecule has 8 heteroatoms. The van der Waals surface area contributed by atoms with Crippen molar-refractivity contribution in [1.29, 1.82) is 0 Å². The summed E-state index contributed by atoms with van der Waals surface area (Å²) in [7, 11) is 1.84. The molecule has 1 aromatic carbocycles. The van der Waals surface area contributed by atoms with Gasteiger partial charge in [-0.15, -0.1) is 0 Å². The van der Waals surface area contributed by atoms with Gasteiger partial charge in [-0.3, -0.25) is 9.59 Å². The standard InChI is InChI=1S/C23H26FN5O2/c1-14(15-3-7-17(24)8-4-15)27-22(30)16-5-9-18(10-6-16)28-23(31)19-11-12-25-21-20(19)26-13-29(21)2/h3-4,7-8,11-14,16,18H,5-6,9-10H2,1-2H3,(H,27,30)(H,28,31). The third-order valence-corrected chi connectivity index (χ3v) is 6.01. The third kappa shape index (κ3) is 4.57. The topological polar surface area (TPSA) is 88.9 Å². The van der Waals surface area contributed by atoms with Crippen LogP contribution >= 0.6 is 0 Å². The van der Waals surface area contributed by atoms with Gasteiger partial charge < -0.3 is 15.2 Å². The monoisotopic (exact) mass is 423 g/mol. The van der Waals surface area contributed by atoms with Crippen molar-refractivity contribution in [2.75, 3.05) is 0 Å². The van der Waals surface area contributed by atoms with Crippen molar-refractivity contribution in [3.8, 4) is 0 Å². The molecule has 0 saturated heterocycles. The molecule has 31 heavy (non-hydrogen) atoms. The van der Waals surface area contributed by atoms with Crippen LogP contribution in [0.3, 0.4) is 0 Å². The van der Waals surface area contributed by atoms with Crippen molar-refractivity contribution in [3.63, 3.8) is 0 Å². The molecule has 0 aliphatic heterocycles. The number of nitrogens with zero attached hydrogens (tertiary/aromatic N) is 3. The van der Waals surface area contributed by atoms with Gasteiger partial charge in [0.1, 0.15) is 11.3 Å². The number of nitrogens with one attached hydrogen (secondary N) is 2. The van der Waals surface area contributed by atoms with E-state index in [2.05, 4.69) is 20.6 Å². The number of benzene rings is 1. The fourth-order valence-corrected chi connectivity index (χ4v) is 4.14. The lowest BCUT2D eigenvalue weighted by Gasteiger charge is -2.29. The van der Waals surface area contributed by atoms with Crippen molar-refractivity contribution < 1.29 is 14.0 Å². The van der Waals surface area contributed by atoms with Gasteiger partial charge in [0.2, 0.25) is 5.91 Å². The molecule has 0 spiro atoms. The molecule has 1 fully saturated rings. The van der Waals surface area contributed by atoms with E-state index in [9.17, 15) is 14.0 Å². The second-order valence-electron chi connectivity index (χ2n) is 8.19. The Kier molecular flexibility index (Phi) is 5.97. The zero-order chi connectivity index (χ0) is 22.0. The molecule has 162 valence electrons. The predicted molar refractivity (Wildman–Crippen MR) is 115 cm³/mol. The first-order chi connectivity index (χ1) is 14.9. The quantitative estimate of drug-likeness (QED) is 0.659. The minimum atomic E-state index is -0.293. The zero-order valence-electron chi connectivity index (χ0n) is 17.6. The highest BCUT2D eigenvalue weighted by Gasteiger charge is 2.28. The lowest BCUT2D eigenvalue weighted by atomic mass is 9.85. The molecule has 2 aromatic heterocycles. The lowest BCUT2D eigenvalue weighted by Crippen LogP contribution is -2.41. The Labute approximate surface area is 180 Å². The summed E-state index contributed by atoms with van der Waals surface area (Å²) >= 11 is 0. The molecule has 2 heterocycles. The van der Waals surface area contributed by atoms with Gasteiger partial charge in [0.25, 0.3) is 5.91 Å². The van der Waals surface area contributed by atoms with Crippen LogP contribution in [0.4, 0.5) is 4.39 Å². The predicted octanol–water partition coefficient (Wildman–Crippen LogP) is 3.27. The van der Waals surface area contributed by atoms with Crippen LogP contribution in [0, 0.1) is 11.7 Å². The van der Waals surface area contributed by atoms with Gasteiger partial charge in [-0.25, -0.2) is 14.4 Å². The van der Waals surface area contributed by atoms with E-state index in [0.717, 1.165) is 18.4 Å². The molecule has 3 aromatic rings. The average molecular weight is 423 g/mol. The molecule has 1 aliphatic carbocycles. The number of hydrogen-bond donors (Lipinski definition) is 2. The van der Waals surface area contributed by atoms with E-state index in [1.54, 1.807) is 35.3 Å². The smallest absolute Gasteiger partial charge is 0.253 e. The third-order valence-electron chi connectivity index (χ3n) is 6.01. The number of carbonyl (C=O) groups is 2. The van der Waals surface area contributed by atoms with E-state index in [1.807, 2.05) is 14.0 Å². The van der Waals surface area contributed by atoms with E-state index in [1.165, 1.54) is 12.1 Å². The Balaban J connectivity index is 1.30. The molecule has 1 unspecified atom stereocenters. The van der Waals surface area contributed by atoms with Crippen molar-refractivity contribution in [2.45, 2.75) is 44.7 Å². The molecule has 0 radical (unpaired) electrons. The number of aromatic nitrogens is 3. The van der Waals surface area contributed by atoms with Gasteiger partial charge in [0.05, 0.1) is 17.9 Å². The second-order valence-corrected chi connectivity index (χ2v) is 8.19. The molecule has 2 N–H and O–H groups in total. The second kappa shape index (κ2) is 8.83. The van der Waals surface area contributed by atoms with Crippen LogP contribution in [-0.2, 0) is 11.8 Å². The fraction of sp³-hybridized carbons (Fsp3) is 0.391. The van der Waals surface area contributed by atoms with Gasteiger partial charge >= 0.3 is 0 Å². The van der Waals surface area contributed by atoms with Gasteiger partial charge in [0, 0.05) is 25.2 Å². The first-order valence-corrected chi connectivity index (χ1v) is 10.5. The van der Waals surface area contributed by atoms with Crippen LogP contribution in [-0.4, -0.2) is 32.4 Å². The maximum absolute atomic E-state index is 13.1. The molecule has 1 saturated carbocycles. The van der Waals surface area contributed by atoms with E-state index < -0.39 is 0 Å². The Morgan fingerprint density at radius 3 is 2.52 bits per heavy atom. The highest BCUT2D eigenvalue weighted by Crippen LogP contribution is 2.26. The number of fused-ring (bicyclic) bond motifs is 1. The van der Waals surface area contributed by atoms with Crippen molar-refractivity contribution in [3.05, 3.63) is 59.8 Å². The number of rotatable bonds is 5. The van der Waals surface area contributed by atoms with E-state index >= 15 is 0 Å². The maximum Gasteiger partial charge on any atom is 0.253 e. The van der Waals surface area contributed by atoms with Gasteiger partial charge in [0.15, 0.2) is 5.65 Å². The number of amides is 2. The van der Waals surface area contributed by atoms with Crippen LogP contribution in [0.15, 0.2) is 42.9 Å². The van der Waals surface area contributed by atoms with Crippen LogP contribution in [0.2, 0.25) is 0 Å². The zero-order valence-corrected chi connectivity index (χ0v) is 17.6. The molecule has 2 amide bonds. The van der Waals surface area contributed by atoms with Crippen LogP contribution in [0.5, 0.6) is 0 Å². The summed E-state index contributed by atoms with van der Waals surface area (Å²) in [4.78, 5) is 34.0.